The van der Waals surface area contributed by atoms with Crippen LogP contribution >= 0.6 is 27.3 Å². The summed E-state index contributed by atoms with van der Waals surface area (Å²) in [7, 11) is 0. The molecule has 0 spiro atoms. The van der Waals surface area contributed by atoms with E-state index in [4.69, 9.17) is 6.57 Å². The highest BCUT2D eigenvalue weighted by Gasteiger charge is 1.90. The first-order valence-electron chi connectivity index (χ1n) is 2.61. The molecule has 0 fully saturated rings. The molecule has 1 nitrogen and oxygen atoms in total. The Morgan fingerprint density at radius 1 is 1.60 bits per heavy atom. The molecule has 50 valence electrons. The molecule has 0 aliphatic carbocycles. The average molecular weight is 214 g/mol. The third-order valence-electron chi connectivity index (χ3n) is 0.907. The number of halogens is 1. The third-order valence-corrected chi connectivity index (χ3v) is 2.50. The summed E-state index contributed by atoms with van der Waals surface area (Å²) in [5.41, 5.74) is 0. The summed E-state index contributed by atoms with van der Waals surface area (Å²) in [4.78, 5) is 4.20. The van der Waals surface area contributed by atoms with Crippen molar-refractivity contribution in [3.63, 3.8) is 0 Å². The van der Waals surface area contributed by atoms with Crippen LogP contribution in [0.25, 0.3) is 10.9 Å². The van der Waals surface area contributed by atoms with Gasteiger partial charge in [0.1, 0.15) is 0 Å². The minimum absolute atomic E-state index is 1.09. The molecule has 0 bridgehead atoms. The van der Waals surface area contributed by atoms with Crippen molar-refractivity contribution in [3.8, 4) is 0 Å². The van der Waals surface area contributed by atoms with Crippen molar-refractivity contribution in [1.29, 1.82) is 0 Å². The van der Waals surface area contributed by atoms with E-state index < -0.39 is 0 Å². The summed E-state index contributed by atoms with van der Waals surface area (Å²) in [6, 6.07) is 3.94. The Kier molecular flexibility index (Phi) is 2.67. The zero-order valence-electron chi connectivity index (χ0n) is 5.04. The molecular weight excluding hydrogens is 210 g/mol. The molecule has 1 rings (SSSR count). The van der Waals surface area contributed by atoms with Gasteiger partial charge in [-0.1, -0.05) is 0 Å². The van der Waals surface area contributed by atoms with Crippen molar-refractivity contribution in [2.24, 2.45) is 0 Å². The lowest BCUT2D eigenvalue weighted by Gasteiger charge is -1.76. The van der Waals surface area contributed by atoms with Gasteiger partial charge in [0.2, 0.25) is 0 Å². The van der Waals surface area contributed by atoms with Gasteiger partial charge in [0.25, 0.3) is 0 Å². The lowest BCUT2D eigenvalue weighted by molar-refractivity contribution is 1.91. The van der Waals surface area contributed by atoms with E-state index in [2.05, 4.69) is 20.8 Å². The van der Waals surface area contributed by atoms with E-state index >= 15 is 0 Å². The molecular formula is C7H4BrNS. The SMILES string of the molecule is [C-]#[N+]/C=C\c1ccc(Br)s1. The summed E-state index contributed by atoms with van der Waals surface area (Å²) in [5, 5.41) is 0. The minimum Gasteiger partial charge on any atom is -0.246 e. The van der Waals surface area contributed by atoms with E-state index in [1.54, 1.807) is 17.4 Å². The smallest absolute Gasteiger partial charge is 0.155 e. The second-order valence-corrected chi connectivity index (χ2v) is 4.08. The molecule has 0 amide bonds. The number of hydrogen-bond donors (Lipinski definition) is 0. The first-order valence-corrected chi connectivity index (χ1v) is 4.22. The van der Waals surface area contributed by atoms with E-state index in [0.717, 1.165) is 8.66 Å². The summed E-state index contributed by atoms with van der Waals surface area (Å²) < 4.78 is 1.09. The zero-order valence-corrected chi connectivity index (χ0v) is 7.45. The van der Waals surface area contributed by atoms with Gasteiger partial charge in [-0.15, -0.1) is 11.3 Å². The van der Waals surface area contributed by atoms with Gasteiger partial charge in [-0.3, -0.25) is 0 Å². The molecule has 0 aliphatic heterocycles. The summed E-state index contributed by atoms with van der Waals surface area (Å²) >= 11 is 4.95. The fourth-order valence-electron chi connectivity index (χ4n) is 0.529. The standard InChI is InChI=1S/C7H4BrNS/c1-9-5-4-6-2-3-7(8)10-6/h2-5H/b5-4-. The van der Waals surface area contributed by atoms with Crippen molar-refractivity contribution in [3.05, 3.63) is 38.4 Å². The molecule has 0 saturated heterocycles. The fourth-order valence-corrected chi connectivity index (χ4v) is 1.85. The summed E-state index contributed by atoms with van der Waals surface area (Å²) in [5.74, 6) is 0. The highest BCUT2D eigenvalue weighted by Crippen LogP contribution is 2.22. The van der Waals surface area contributed by atoms with Crippen LogP contribution in [0.2, 0.25) is 0 Å². The van der Waals surface area contributed by atoms with Crippen molar-refractivity contribution in [2.75, 3.05) is 0 Å². The maximum Gasteiger partial charge on any atom is 0.155 e. The Morgan fingerprint density at radius 2 is 2.40 bits per heavy atom. The molecule has 0 saturated carbocycles. The maximum absolute atomic E-state index is 6.49. The van der Waals surface area contributed by atoms with Crippen LogP contribution in [0.4, 0.5) is 0 Å². The number of hydrogen-bond acceptors (Lipinski definition) is 1. The predicted molar refractivity (Wildman–Crippen MR) is 47.7 cm³/mol. The van der Waals surface area contributed by atoms with Crippen LogP contribution < -0.4 is 0 Å². The molecule has 0 atom stereocenters. The van der Waals surface area contributed by atoms with Gasteiger partial charge in [0.05, 0.1) is 10.4 Å². The number of nitrogens with zero attached hydrogens (tertiary/aromatic N) is 1. The molecule has 0 aromatic carbocycles. The molecule has 3 heteroatoms. The monoisotopic (exact) mass is 213 g/mol. The highest BCUT2D eigenvalue weighted by atomic mass is 79.9. The van der Waals surface area contributed by atoms with Crippen LogP contribution in [0.15, 0.2) is 22.1 Å². The van der Waals surface area contributed by atoms with Crippen molar-refractivity contribution in [1.82, 2.24) is 0 Å². The van der Waals surface area contributed by atoms with Gasteiger partial charge in [-0.25, -0.2) is 4.85 Å². The van der Waals surface area contributed by atoms with Crippen LogP contribution in [-0.4, -0.2) is 0 Å². The lowest BCUT2D eigenvalue weighted by atomic mass is 10.5. The summed E-state index contributed by atoms with van der Waals surface area (Å²) in [6.07, 6.45) is 3.25. The van der Waals surface area contributed by atoms with E-state index in [9.17, 15) is 0 Å². The van der Waals surface area contributed by atoms with E-state index in [1.807, 2.05) is 12.1 Å². The molecule has 1 aromatic rings. The average Bonchev–Trinajstić information content (AvgIpc) is 2.31. The molecule has 0 aliphatic rings. The van der Waals surface area contributed by atoms with E-state index in [-0.39, 0.29) is 0 Å². The minimum atomic E-state index is 1.09. The van der Waals surface area contributed by atoms with Crippen LogP contribution in [0.1, 0.15) is 4.88 Å². The first kappa shape index (κ1) is 7.52. The normalized spacial score (nSPS) is 10.0. The summed E-state index contributed by atoms with van der Waals surface area (Å²) in [6.45, 7) is 6.49. The lowest BCUT2D eigenvalue weighted by Crippen LogP contribution is -1.50. The van der Waals surface area contributed by atoms with Gasteiger partial charge in [-0.05, 0) is 34.1 Å². The number of thiophene rings is 1. The molecule has 0 N–H and O–H groups in total. The van der Waals surface area contributed by atoms with Crippen molar-refractivity contribution >= 4 is 33.3 Å². The van der Waals surface area contributed by atoms with Gasteiger partial charge >= 0.3 is 0 Å². The zero-order chi connectivity index (χ0) is 7.40. The second kappa shape index (κ2) is 3.55. The third kappa shape index (κ3) is 1.98. The largest absolute Gasteiger partial charge is 0.246 e. The molecule has 1 aromatic heterocycles. The van der Waals surface area contributed by atoms with E-state index in [0.29, 0.717) is 0 Å². The Bertz CT molecular complexity index is 282. The Morgan fingerprint density at radius 3 is 2.90 bits per heavy atom. The van der Waals surface area contributed by atoms with Gasteiger partial charge in [-0.2, -0.15) is 0 Å². The number of rotatable bonds is 1. The van der Waals surface area contributed by atoms with Crippen LogP contribution in [0.3, 0.4) is 0 Å². The first-order chi connectivity index (χ1) is 4.83. The van der Waals surface area contributed by atoms with Gasteiger partial charge in [0, 0.05) is 4.88 Å². The van der Waals surface area contributed by atoms with Crippen LogP contribution in [0.5, 0.6) is 0 Å². The van der Waals surface area contributed by atoms with E-state index in [1.165, 1.54) is 6.20 Å². The quantitative estimate of drug-likeness (QED) is 0.631. The highest BCUT2D eigenvalue weighted by molar-refractivity contribution is 9.11. The second-order valence-electron chi connectivity index (χ2n) is 1.59. The van der Waals surface area contributed by atoms with Gasteiger partial charge < -0.3 is 0 Å². The Hall–Kier alpha value is -0.590. The maximum atomic E-state index is 6.49. The van der Waals surface area contributed by atoms with Crippen LogP contribution in [-0.2, 0) is 0 Å². The van der Waals surface area contributed by atoms with Crippen LogP contribution in [0, 0.1) is 6.57 Å². The fraction of sp³-hybridized carbons (Fsp3) is 0. The van der Waals surface area contributed by atoms with Gasteiger partial charge in [0.15, 0.2) is 6.20 Å². The van der Waals surface area contributed by atoms with Crippen molar-refractivity contribution < 1.29 is 0 Å². The Balaban J connectivity index is 2.78. The van der Waals surface area contributed by atoms with Crippen molar-refractivity contribution in [2.45, 2.75) is 0 Å². The Labute approximate surface area is 71.9 Å². The molecule has 0 radical (unpaired) electrons. The molecule has 0 unspecified atom stereocenters. The topological polar surface area (TPSA) is 4.36 Å². The molecule has 1 heterocycles. The predicted octanol–water partition coefficient (Wildman–Crippen LogP) is 3.40. The molecule has 10 heavy (non-hydrogen) atoms.